The van der Waals surface area contributed by atoms with Crippen molar-refractivity contribution in [3.05, 3.63) is 85.4 Å². The van der Waals surface area contributed by atoms with Crippen LogP contribution in [0.25, 0.3) is 0 Å². The Bertz CT molecular complexity index is 1590. The van der Waals surface area contributed by atoms with Crippen molar-refractivity contribution in [2.45, 2.75) is 25.7 Å². The van der Waals surface area contributed by atoms with Crippen molar-refractivity contribution in [1.82, 2.24) is 0 Å². The van der Waals surface area contributed by atoms with E-state index >= 15 is 0 Å². The minimum Gasteiger partial charge on any atom is -0.503 e. The van der Waals surface area contributed by atoms with Gasteiger partial charge in [-0.2, -0.15) is 0 Å². The third kappa shape index (κ3) is 3.73. The van der Waals surface area contributed by atoms with Crippen molar-refractivity contribution in [1.29, 1.82) is 0 Å². The number of ketones is 2. The maximum atomic E-state index is 13.9. The number of benzene rings is 2. The summed E-state index contributed by atoms with van der Waals surface area (Å²) in [6.45, 7) is 1.62. The molecule has 1 aliphatic heterocycles. The predicted octanol–water partition coefficient (Wildman–Crippen LogP) is 5.56. The molecule has 0 bridgehead atoms. The molecule has 2 aromatic rings. The maximum absolute atomic E-state index is 13.9. The molecule has 4 unspecified atom stereocenters. The highest BCUT2D eigenvalue weighted by molar-refractivity contribution is 9.13. The molecule has 0 spiro atoms. The Labute approximate surface area is 241 Å². The van der Waals surface area contributed by atoms with E-state index in [1.54, 1.807) is 37.3 Å². The number of para-hydroxylation sites is 1. The fraction of sp³-hybridized carbons (Fsp3) is 0.267. The van der Waals surface area contributed by atoms with Crippen LogP contribution in [-0.4, -0.2) is 35.6 Å². The molecule has 2 amide bonds. The van der Waals surface area contributed by atoms with Crippen molar-refractivity contribution in [3.8, 4) is 11.5 Å². The van der Waals surface area contributed by atoms with Crippen molar-refractivity contribution < 1.29 is 29.0 Å². The predicted molar refractivity (Wildman–Crippen MR) is 150 cm³/mol. The number of ether oxygens (including phenoxy) is 1. The van der Waals surface area contributed by atoms with E-state index in [0.717, 1.165) is 5.57 Å². The summed E-state index contributed by atoms with van der Waals surface area (Å²) in [5.74, 6) is -3.28. The van der Waals surface area contributed by atoms with E-state index in [0.29, 0.717) is 43.3 Å². The zero-order valence-corrected chi connectivity index (χ0v) is 24.2. The Hall–Kier alpha value is -3.30. The smallest absolute Gasteiger partial charge is 0.238 e. The van der Waals surface area contributed by atoms with E-state index in [1.807, 2.05) is 12.1 Å². The topological polar surface area (TPSA) is 101 Å². The fourth-order valence-corrected chi connectivity index (χ4v) is 7.50. The SMILES string of the molecule is COc1cc(C2C3=CCC4C(=O)N(c5ccccc5)C(=O)C4C3CC3=C2C(=O)C=C(C)C3=O)c(Br)c(Br)c1O. The summed E-state index contributed by atoms with van der Waals surface area (Å²) < 4.78 is 6.26. The van der Waals surface area contributed by atoms with Gasteiger partial charge in [-0.25, -0.2) is 0 Å². The second-order valence-electron chi connectivity index (χ2n) is 10.2. The van der Waals surface area contributed by atoms with Crippen LogP contribution in [0, 0.1) is 17.8 Å². The number of carbonyl (C=O) groups is 4. The molecule has 2 aromatic carbocycles. The number of methoxy groups -OCH3 is 1. The van der Waals surface area contributed by atoms with E-state index in [9.17, 15) is 24.3 Å². The van der Waals surface area contributed by atoms with Crippen molar-refractivity contribution in [2.24, 2.45) is 17.8 Å². The van der Waals surface area contributed by atoms with Crippen LogP contribution < -0.4 is 9.64 Å². The number of hydrogen-bond donors (Lipinski definition) is 1. The summed E-state index contributed by atoms with van der Waals surface area (Å²) in [5, 5.41) is 10.6. The highest BCUT2D eigenvalue weighted by Crippen LogP contribution is 2.57. The average molecular weight is 653 g/mol. The first kappa shape index (κ1) is 26.0. The molecule has 1 N–H and O–H groups in total. The van der Waals surface area contributed by atoms with E-state index in [4.69, 9.17) is 4.74 Å². The Morgan fingerprint density at radius 2 is 1.72 bits per heavy atom. The van der Waals surface area contributed by atoms with Crippen molar-refractivity contribution in [3.63, 3.8) is 0 Å². The van der Waals surface area contributed by atoms with Crippen molar-refractivity contribution in [2.75, 3.05) is 12.0 Å². The highest BCUT2D eigenvalue weighted by atomic mass is 79.9. The second kappa shape index (κ2) is 9.41. The zero-order chi connectivity index (χ0) is 27.7. The molecule has 6 rings (SSSR count). The molecule has 1 fully saturated rings. The number of amides is 2. The second-order valence-corrected chi connectivity index (χ2v) is 11.8. The summed E-state index contributed by atoms with van der Waals surface area (Å²) in [7, 11) is 1.43. The number of carbonyl (C=O) groups excluding carboxylic acids is 4. The van der Waals surface area contributed by atoms with Gasteiger partial charge in [0, 0.05) is 27.1 Å². The lowest BCUT2D eigenvalue weighted by molar-refractivity contribution is -0.123. The Morgan fingerprint density at radius 1 is 1.00 bits per heavy atom. The fourth-order valence-electron chi connectivity index (χ4n) is 6.55. The molecule has 1 saturated heterocycles. The third-order valence-electron chi connectivity index (χ3n) is 8.28. The molecule has 3 aliphatic carbocycles. The maximum Gasteiger partial charge on any atom is 0.238 e. The Kier molecular flexibility index (Phi) is 6.26. The van der Waals surface area contributed by atoms with E-state index in [-0.39, 0.29) is 41.3 Å². The molecule has 4 aliphatic rings. The minimum atomic E-state index is -0.672. The van der Waals surface area contributed by atoms with Crippen molar-refractivity contribution >= 4 is 60.9 Å². The number of nitrogens with zero attached hydrogens (tertiary/aromatic N) is 1. The molecule has 9 heteroatoms. The number of imide groups is 1. The van der Waals surface area contributed by atoms with Crippen LogP contribution >= 0.6 is 31.9 Å². The van der Waals surface area contributed by atoms with Gasteiger partial charge in [-0.3, -0.25) is 24.1 Å². The lowest BCUT2D eigenvalue weighted by Crippen LogP contribution is -2.40. The van der Waals surface area contributed by atoms with Crippen LogP contribution in [0.5, 0.6) is 11.5 Å². The first-order chi connectivity index (χ1) is 18.6. The van der Waals surface area contributed by atoms with Gasteiger partial charge in [-0.05, 0) is 87.4 Å². The first-order valence-electron chi connectivity index (χ1n) is 12.5. The molecule has 198 valence electrons. The number of fused-ring (bicyclic) bond motifs is 3. The molecule has 4 atom stereocenters. The zero-order valence-electron chi connectivity index (χ0n) is 21.0. The number of Topliss-reactive ketones (excluding diaryl/α,β-unsaturated/α-hetero) is 1. The van der Waals surface area contributed by atoms with Gasteiger partial charge < -0.3 is 9.84 Å². The summed E-state index contributed by atoms with van der Waals surface area (Å²) >= 11 is 6.99. The van der Waals surface area contributed by atoms with Gasteiger partial charge in [-0.1, -0.05) is 29.8 Å². The molecule has 39 heavy (non-hydrogen) atoms. The van der Waals surface area contributed by atoms with Crippen LogP contribution in [0.1, 0.15) is 31.2 Å². The Morgan fingerprint density at radius 3 is 2.41 bits per heavy atom. The lowest BCUT2D eigenvalue weighted by Gasteiger charge is -2.42. The molecule has 0 aromatic heterocycles. The van der Waals surface area contributed by atoms with Gasteiger partial charge >= 0.3 is 0 Å². The third-order valence-corrected chi connectivity index (χ3v) is 10.4. The van der Waals surface area contributed by atoms with E-state index in [1.165, 1.54) is 18.1 Å². The number of halogens is 2. The average Bonchev–Trinajstić information content (AvgIpc) is 3.19. The normalized spacial score (nSPS) is 26.2. The number of hydrogen-bond acceptors (Lipinski definition) is 6. The summed E-state index contributed by atoms with van der Waals surface area (Å²) in [6, 6.07) is 10.5. The van der Waals surface area contributed by atoms with Gasteiger partial charge in [0.2, 0.25) is 11.8 Å². The lowest BCUT2D eigenvalue weighted by atomic mass is 9.59. The quantitative estimate of drug-likeness (QED) is 0.265. The number of aromatic hydroxyl groups is 1. The number of phenolic OH excluding ortho intramolecular Hbond substituents is 1. The molecule has 0 radical (unpaired) electrons. The molecular weight excluding hydrogens is 630 g/mol. The van der Waals surface area contributed by atoms with E-state index in [2.05, 4.69) is 31.9 Å². The van der Waals surface area contributed by atoms with Crippen LogP contribution in [0.3, 0.4) is 0 Å². The molecule has 7 nitrogen and oxygen atoms in total. The first-order valence-corrected chi connectivity index (χ1v) is 14.1. The highest BCUT2D eigenvalue weighted by Gasteiger charge is 2.56. The van der Waals surface area contributed by atoms with Crippen LogP contribution in [-0.2, 0) is 19.2 Å². The molecular formula is C30H23Br2NO6. The number of anilines is 1. The van der Waals surface area contributed by atoms with Crippen LogP contribution in [0.4, 0.5) is 5.69 Å². The monoisotopic (exact) mass is 651 g/mol. The van der Waals surface area contributed by atoms with Crippen LogP contribution in [0.2, 0.25) is 0 Å². The van der Waals surface area contributed by atoms with Gasteiger partial charge in [0.25, 0.3) is 0 Å². The van der Waals surface area contributed by atoms with Gasteiger partial charge in [-0.15, -0.1) is 0 Å². The van der Waals surface area contributed by atoms with Gasteiger partial charge in [0.15, 0.2) is 23.1 Å². The number of phenols is 1. The molecule has 1 heterocycles. The number of allylic oxidation sites excluding steroid dienone is 6. The van der Waals surface area contributed by atoms with Gasteiger partial charge in [0.1, 0.15) is 0 Å². The molecule has 0 saturated carbocycles. The standard InChI is InChI=1S/C30H23Br2NO6/c1-13-10-20(34)24-19(27(13)35)11-17-15(22(24)18-12-21(39-2)28(36)26(32)25(18)31)8-9-16-23(17)30(38)33(29(16)37)14-6-4-3-5-7-14/h3-8,10,12,16-17,22-23,36H,9,11H2,1-2H3. The Balaban J connectivity index is 1.55. The summed E-state index contributed by atoms with van der Waals surface area (Å²) in [4.78, 5) is 55.7. The number of rotatable bonds is 3. The van der Waals surface area contributed by atoms with Crippen LogP contribution in [0.15, 0.2) is 79.8 Å². The van der Waals surface area contributed by atoms with E-state index < -0.39 is 23.7 Å². The minimum absolute atomic E-state index is 0.107. The summed E-state index contributed by atoms with van der Waals surface area (Å²) in [5.41, 5.74) is 3.04. The summed E-state index contributed by atoms with van der Waals surface area (Å²) in [6.07, 6.45) is 3.87. The van der Waals surface area contributed by atoms with Gasteiger partial charge in [0.05, 0.1) is 29.1 Å². The largest absolute Gasteiger partial charge is 0.503 e.